The van der Waals surface area contributed by atoms with Gasteiger partial charge in [-0.3, -0.25) is 0 Å². The van der Waals surface area contributed by atoms with Gasteiger partial charge >= 0.3 is 11.6 Å². The highest BCUT2D eigenvalue weighted by Gasteiger charge is 2.29. The number of hydrogen-bond acceptors (Lipinski definition) is 6. The topological polar surface area (TPSA) is 103 Å². The number of hydrogen-bond donors (Lipinski definition) is 1. The average molecular weight is 464 g/mol. The molecule has 8 heteroatoms. The van der Waals surface area contributed by atoms with E-state index in [9.17, 15) is 18.0 Å². The van der Waals surface area contributed by atoms with Crippen LogP contribution in [0.5, 0.6) is 5.75 Å². The summed E-state index contributed by atoms with van der Waals surface area (Å²) in [4.78, 5) is 24.8. The molecule has 0 bridgehead atoms. The molecule has 4 rings (SSSR count). The number of esters is 1. The minimum atomic E-state index is -4.02. The minimum absolute atomic E-state index is 0.0322. The van der Waals surface area contributed by atoms with Crippen molar-refractivity contribution < 1.29 is 22.4 Å². The summed E-state index contributed by atoms with van der Waals surface area (Å²) >= 11 is 0. The third-order valence-electron chi connectivity index (χ3n) is 5.11. The maximum Gasteiger partial charge on any atom is 0.336 e. The molecule has 33 heavy (non-hydrogen) atoms. The highest BCUT2D eigenvalue weighted by Crippen LogP contribution is 2.25. The first-order chi connectivity index (χ1) is 15.7. The number of carbonyl (C=O) groups is 1. The van der Waals surface area contributed by atoms with E-state index < -0.39 is 27.7 Å². The first-order valence-electron chi connectivity index (χ1n) is 10.1. The largest absolute Gasteiger partial charge is 0.425 e. The molecule has 0 aliphatic rings. The maximum absolute atomic E-state index is 13.1. The van der Waals surface area contributed by atoms with Crippen LogP contribution in [0.3, 0.4) is 0 Å². The summed E-state index contributed by atoms with van der Waals surface area (Å²) in [5.41, 5.74) is 1.80. The Morgan fingerprint density at radius 3 is 2.33 bits per heavy atom. The van der Waals surface area contributed by atoms with E-state index in [1.807, 2.05) is 6.92 Å². The van der Waals surface area contributed by atoms with Crippen LogP contribution in [-0.2, 0) is 14.8 Å². The molecule has 1 atom stereocenters. The summed E-state index contributed by atoms with van der Waals surface area (Å²) < 4.78 is 39.1. The van der Waals surface area contributed by atoms with Gasteiger partial charge in [0.1, 0.15) is 17.4 Å². The first kappa shape index (κ1) is 22.4. The molecule has 4 aromatic rings. The predicted octanol–water partition coefficient (Wildman–Crippen LogP) is 4.04. The number of ether oxygens (including phenoxy) is 1. The Morgan fingerprint density at radius 2 is 1.64 bits per heavy atom. The molecule has 1 aromatic heterocycles. The van der Waals surface area contributed by atoms with Gasteiger partial charge in [-0.25, -0.2) is 18.0 Å². The van der Waals surface area contributed by atoms with Crippen molar-refractivity contribution in [1.29, 1.82) is 0 Å². The van der Waals surface area contributed by atoms with Crippen molar-refractivity contribution in [3.05, 3.63) is 106 Å². The number of rotatable bonds is 6. The average Bonchev–Trinajstić information content (AvgIpc) is 2.78. The van der Waals surface area contributed by atoms with Crippen LogP contribution in [0.15, 0.2) is 93.0 Å². The third-order valence-corrected chi connectivity index (χ3v) is 6.55. The quantitative estimate of drug-likeness (QED) is 0.263. The minimum Gasteiger partial charge on any atom is -0.425 e. The first-order valence-corrected chi connectivity index (χ1v) is 11.6. The molecule has 7 nitrogen and oxygen atoms in total. The fraction of sp³-hybridized carbons (Fsp3) is 0.120. The zero-order valence-corrected chi connectivity index (χ0v) is 18.8. The summed E-state index contributed by atoms with van der Waals surface area (Å²) in [6.07, 6.45) is 0. The van der Waals surface area contributed by atoms with E-state index in [4.69, 9.17) is 9.15 Å². The lowest BCUT2D eigenvalue weighted by Crippen LogP contribution is -2.36. The number of fused-ring (bicyclic) bond motifs is 1. The van der Waals surface area contributed by atoms with Gasteiger partial charge in [0.15, 0.2) is 0 Å². The SMILES string of the molecule is Cc1ccc(S(=O)(=O)NC(C(=O)Oc2ccc3c(C)cc(=O)oc3c2)c2ccccc2)cc1. The monoisotopic (exact) mass is 463 g/mol. The molecule has 0 saturated heterocycles. The molecule has 0 radical (unpaired) electrons. The molecule has 1 heterocycles. The van der Waals surface area contributed by atoms with Gasteiger partial charge in [-0.05, 0) is 49.2 Å². The van der Waals surface area contributed by atoms with E-state index in [0.717, 1.165) is 11.1 Å². The summed E-state index contributed by atoms with van der Waals surface area (Å²) in [7, 11) is -4.02. The van der Waals surface area contributed by atoms with Crippen molar-refractivity contribution in [2.45, 2.75) is 24.8 Å². The van der Waals surface area contributed by atoms with Gasteiger partial charge in [-0.1, -0.05) is 48.0 Å². The Bertz CT molecular complexity index is 1480. The second-order valence-electron chi connectivity index (χ2n) is 7.61. The molecule has 0 aliphatic carbocycles. The van der Waals surface area contributed by atoms with Gasteiger partial charge in [0.05, 0.1) is 4.90 Å². The highest BCUT2D eigenvalue weighted by atomic mass is 32.2. The fourth-order valence-corrected chi connectivity index (χ4v) is 4.56. The van der Waals surface area contributed by atoms with E-state index in [2.05, 4.69) is 4.72 Å². The molecule has 0 saturated carbocycles. The molecule has 0 spiro atoms. The van der Waals surface area contributed by atoms with Gasteiger partial charge in [0.2, 0.25) is 10.0 Å². The van der Waals surface area contributed by atoms with Crippen LogP contribution in [0, 0.1) is 13.8 Å². The number of aryl methyl sites for hydroxylation is 2. The molecule has 1 unspecified atom stereocenters. The Balaban J connectivity index is 1.66. The van der Waals surface area contributed by atoms with Gasteiger partial charge in [-0.2, -0.15) is 4.72 Å². The lowest BCUT2D eigenvalue weighted by Gasteiger charge is -2.18. The summed E-state index contributed by atoms with van der Waals surface area (Å²) in [5.74, 6) is -0.706. The summed E-state index contributed by atoms with van der Waals surface area (Å²) in [6, 6.07) is 19.4. The molecule has 0 amide bonds. The number of benzene rings is 3. The van der Waals surface area contributed by atoms with Crippen LogP contribution in [0.4, 0.5) is 0 Å². The summed E-state index contributed by atoms with van der Waals surface area (Å²) in [6.45, 7) is 3.62. The van der Waals surface area contributed by atoms with E-state index in [0.29, 0.717) is 10.9 Å². The Hall–Kier alpha value is -3.75. The van der Waals surface area contributed by atoms with Crippen LogP contribution >= 0.6 is 0 Å². The van der Waals surface area contributed by atoms with Gasteiger partial charge in [0.25, 0.3) is 0 Å². The van der Waals surface area contributed by atoms with Crippen LogP contribution in [0.1, 0.15) is 22.7 Å². The molecule has 168 valence electrons. The van der Waals surface area contributed by atoms with Crippen LogP contribution < -0.4 is 15.1 Å². The lowest BCUT2D eigenvalue weighted by molar-refractivity contribution is -0.136. The molecular weight excluding hydrogens is 442 g/mol. The van der Waals surface area contributed by atoms with E-state index in [1.165, 1.54) is 24.3 Å². The van der Waals surface area contributed by atoms with E-state index >= 15 is 0 Å². The Morgan fingerprint density at radius 1 is 0.939 bits per heavy atom. The zero-order chi connectivity index (χ0) is 23.6. The molecular formula is C25H21NO6S. The number of carbonyl (C=O) groups excluding carboxylic acids is 1. The summed E-state index contributed by atoms with van der Waals surface area (Å²) in [5, 5.41) is 0.703. The highest BCUT2D eigenvalue weighted by molar-refractivity contribution is 7.89. The zero-order valence-electron chi connectivity index (χ0n) is 17.9. The van der Waals surface area contributed by atoms with Gasteiger partial charge in [0, 0.05) is 17.5 Å². The lowest BCUT2D eigenvalue weighted by atomic mass is 10.1. The van der Waals surface area contributed by atoms with E-state index in [1.54, 1.807) is 61.5 Å². The smallest absolute Gasteiger partial charge is 0.336 e. The van der Waals surface area contributed by atoms with Crippen molar-refractivity contribution in [3.63, 3.8) is 0 Å². The van der Waals surface area contributed by atoms with Gasteiger partial charge in [-0.15, -0.1) is 0 Å². The standard InChI is InChI=1S/C25H21NO6S/c1-16-8-11-20(12-9-16)33(29,30)26-24(18-6-4-3-5-7-18)25(28)31-19-10-13-21-17(2)14-23(27)32-22(21)15-19/h3-15,24,26H,1-2H3. The van der Waals surface area contributed by atoms with Crippen molar-refractivity contribution in [3.8, 4) is 5.75 Å². The Labute approximate surface area is 190 Å². The number of nitrogens with one attached hydrogen (secondary N) is 1. The van der Waals surface area contributed by atoms with Crippen LogP contribution in [0.25, 0.3) is 11.0 Å². The fourth-order valence-electron chi connectivity index (χ4n) is 3.38. The van der Waals surface area contributed by atoms with Crippen LogP contribution in [-0.4, -0.2) is 14.4 Å². The van der Waals surface area contributed by atoms with Crippen molar-refractivity contribution in [1.82, 2.24) is 4.72 Å². The number of sulfonamides is 1. The molecule has 0 fully saturated rings. The maximum atomic E-state index is 13.1. The van der Waals surface area contributed by atoms with Crippen molar-refractivity contribution >= 4 is 27.0 Å². The van der Waals surface area contributed by atoms with Crippen molar-refractivity contribution in [2.75, 3.05) is 0 Å². The van der Waals surface area contributed by atoms with E-state index in [-0.39, 0.29) is 16.2 Å². The van der Waals surface area contributed by atoms with Crippen LogP contribution in [0.2, 0.25) is 0 Å². The third kappa shape index (κ3) is 5.02. The van der Waals surface area contributed by atoms with Crippen molar-refractivity contribution in [2.24, 2.45) is 0 Å². The predicted molar refractivity (Wildman–Crippen MR) is 124 cm³/mol. The molecule has 3 aromatic carbocycles. The van der Waals surface area contributed by atoms with Gasteiger partial charge < -0.3 is 9.15 Å². The molecule has 0 aliphatic heterocycles. The second-order valence-corrected chi connectivity index (χ2v) is 9.32. The normalized spacial score (nSPS) is 12.4. The Kier molecular flexibility index (Phi) is 6.13. The second kappa shape index (κ2) is 9.01. The molecule has 1 N–H and O–H groups in total.